The van der Waals surface area contributed by atoms with Crippen LogP contribution in [-0.4, -0.2) is 53.4 Å². The molecule has 0 bridgehead atoms. The Kier molecular flexibility index (Phi) is 4.34. The van der Waals surface area contributed by atoms with Crippen molar-refractivity contribution in [1.82, 2.24) is 20.5 Å². The van der Waals surface area contributed by atoms with Crippen LogP contribution >= 0.6 is 0 Å². The van der Waals surface area contributed by atoms with E-state index in [0.717, 1.165) is 13.1 Å². The van der Waals surface area contributed by atoms with E-state index in [9.17, 15) is 9.59 Å². The Morgan fingerprint density at radius 2 is 2.26 bits per heavy atom. The summed E-state index contributed by atoms with van der Waals surface area (Å²) in [4.78, 5) is 28.4. The lowest BCUT2D eigenvalue weighted by Gasteiger charge is -2.36. The monoisotopic (exact) mass is 264 g/mol. The van der Waals surface area contributed by atoms with E-state index in [1.54, 1.807) is 18.3 Å². The maximum Gasteiger partial charge on any atom is 0.274 e. The van der Waals surface area contributed by atoms with Crippen molar-refractivity contribution in [3.05, 3.63) is 24.0 Å². The second-order valence-electron chi connectivity index (χ2n) is 5.05. The van der Waals surface area contributed by atoms with Crippen LogP contribution in [0.1, 0.15) is 24.3 Å². The van der Waals surface area contributed by atoms with Gasteiger partial charge in [-0.2, -0.15) is 0 Å². The van der Waals surface area contributed by atoms with Crippen LogP contribution in [0.25, 0.3) is 0 Å². The number of aromatic nitrogens is 1. The third-order valence-electron chi connectivity index (χ3n) is 3.34. The first-order valence-corrected chi connectivity index (χ1v) is 6.51. The number of nitrogens with zero attached hydrogens (tertiary/aromatic N) is 1. The molecule has 1 aliphatic heterocycles. The van der Waals surface area contributed by atoms with Gasteiger partial charge >= 0.3 is 0 Å². The molecule has 0 aliphatic carbocycles. The number of rotatable bonds is 3. The predicted octanol–water partition coefficient (Wildman–Crippen LogP) is -0.0467. The minimum absolute atomic E-state index is 0.250. The molecular weight excluding hydrogens is 244 g/mol. The minimum Gasteiger partial charge on any atom is -0.357 e. The summed E-state index contributed by atoms with van der Waals surface area (Å²) >= 11 is 0. The average molecular weight is 264 g/mol. The van der Waals surface area contributed by atoms with Crippen LogP contribution in [0.15, 0.2) is 18.3 Å². The number of piperazine rings is 1. The van der Waals surface area contributed by atoms with E-state index >= 15 is 0 Å². The third kappa shape index (κ3) is 3.65. The molecule has 2 unspecified atom stereocenters. The van der Waals surface area contributed by atoms with Gasteiger partial charge in [-0.3, -0.25) is 19.8 Å². The predicted molar refractivity (Wildman–Crippen MR) is 71.8 cm³/mol. The highest BCUT2D eigenvalue weighted by Crippen LogP contribution is 2.05. The van der Waals surface area contributed by atoms with Crippen LogP contribution in [0.4, 0.5) is 0 Å². The molecule has 3 N–H and O–H groups in total. The number of nitrogens with one attached hydrogen (secondary N) is 3. The quantitative estimate of drug-likeness (QED) is 0.715. The molecule has 2 heterocycles. The van der Waals surface area contributed by atoms with Gasteiger partial charge in [0, 0.05) is 31.4 Å². The van der Waals surface area contributed by atoms with Gasteiger partial charge in [0.1, 0.15) is 5.69 Å². The molecule has 0 aromatic carbocycles. The normalized spacial score (nSPS) is 24.1. The first kappa shape index (κ1) is 13.8. The zero-order chi connectivity index (χ0) is 13.8. The van der Waals surface area contributed by atoms with Crippen LogP contribution in [0.3, 0.4) is 0 Å². The largest absolute Gasteiger partial charge is 0.357 e. The SMILES string of the molecule is CC1CN(CC(=O)NC(=O)c2ccc[nH]2)C(C)CN1. The van der Waals surface area contributed by atoms with Crippen molar-refractivity contribution in [3.63, 3.8) is 0 Å². The molecular formula is C13H20N4O2. The van der Waals surface area contributed by atoms with E-state index in [1.807, 2.05) is 0 Å². The van der Waals surface area contributed by atoms with E-state index in [2.05, 4.69) is 34.4 Å². The fraction of sp³-hybridized carbons (Fsp3) is 0.538. The van der Waals surface area contributed by atoms with Gasteiger partial charge in [0.15, 0.2) is 0 Å². The van der Waals surface area contributed by atoms with Crippen LogP contribution in [0, 0.1) is 0 Å². The Labute approximate surface area is 112 Å². The van der Waals surface area contributed by atoms with Crippen LogP contribution < -0.4 is 10.6 Å². The molecule has 104 valence electrons. The second-order valence-corrected chi connectivity index (χ2v) is 5.05. The number of hydrogen-bond donors (Lipinski definition) is 3. The highest BCUT2D eigenvalue weighted by atomic mass is 16.2. The Hall–Kier alpha value is -1.66. The summed E-state index contributed by atoms with van der Waals surface area (Å²) < 4.78 is 0. The summed E-state index contributed by atoms with van der Waals surface area (Å²) in [5.41, 5.74) is 0.398. The molecule has 0 spiro atoms. The number of imide groups is 1. The molecule has 2 rings (SSSR count). The Morgan fingerprint density at radius 1 is 1.47 bits per heavy atom. The van der Waals surface area contributed by atoms with Gasteiger partial charge in [0.25, 0.3) is 5.91 Å². The summed E-state index contributed by atoms with van der Waals surface area (Å²) in [5, 5.41) is 5.75. The van der Waals surface area contributed by atoms with Crippen molar-refractivity contribution in [1.29, 1.82) is 0 Å². The fourth-order valence-electron chi connectivity index (χ4n) is 2.21. The fourth-order valence-corrected chi connectivity index (χ4v) is 2.21. The van der Waals surface area contributed by atoms with Crippen molar-refractivity contribution in [2.75, 3.05) is 19.6 Å². The Bertz CT molecular complexity index is 444. The van der Waals surface area contributed by atoms with Gasteiger partial charge in [-0.1, -0.05) is 0 Å². The van der Waals surface area contributed by atoms with Crippen LogP contribution in [0.2, 0.25) is 0 Å². The molecule has 1 aromatic rings. The number of aromatic amines is 1. The van der Waals surface area contributed by atoms with Crippen molar-refractivity contribution >= 4 is 11.8 Å². The van der Waals surface area contributed by atoms with Gasteiger partial charge < -0.3 is 10.3 Å². The topological polar surface area (TPSA) is 77.2 Å². The average Bonchev–Trinajstić information content (AvgIpc) is 2.87. The molecule has 1 saturated heterocycles. The molecule has 6 nitrogen and oxygen atoms in total. The lowest BCUT2D eigenvalue weighted by Crippen LogP contribution is -2.56. The minimum atomic E-state index is -0.383. The van der Waals surface area contributed by atoms with Gasteiger partial charge in [0.05, 0.1) is 6.54 Å². The first-order chi connectivity index (χ1) is 9.06. The van der Waals surface area contributed by atoms with E-state index in [1.165, 1.54) is 0 Å². The summed E-state index contributed by atoms with van der Waals surface area (Å²) in [6.45, 7) is 6.07. The smallest absolute Gasteiger partial charge is 0.274 e. The van der Waals surface area contributed by atoms with Crippen molar-refractivity contribution in [2.45, 2.75) is 25.9 Å². The molecule has 2 amide bonds. The van der Waals surface area contributed by atoms with Gasteiger partial charge in [-0.25, -0.2) is 0 Å². The van der Waals surface area contributed by atoms with Crippen LogP contribution in [-0.2, 0) is 4.79 Å². The number of carbonyl (C=O) groups excluding carboxylic acids is 2. The van der Waals surface area contributed by atoms with E-state index in [-0.39, 0.29) is 18.4 Å². The molecule has 1 aliphatic rings. The zero-order valence-corrected chi connectivity index (χ0v) is 11.3. The van der Waals surface area contributed by atoms with Crippen molar-refractivity contribution < 1.29 is 9.59 Å². The van der Waals surface area contributed by atoms with E-state index < -0.39 is 0 Å². The van der Waals surface area contributed by atoms with E-state index in [4.69, 9.17) is 0 Å². The zero-order valence-electron chi connectivity index (χ0n) is 11.3. The summed E-state index contributed by atoms with van der Waals surface area (Å²) in [6, 6.07) is 4.02. The maximum atomic E-state index is 11.9. The molecule has 2 atom stereocenters. The number of carbonyl (C=O) groups is 2. The van der Waals surface area contributed by atoms with E-state index in [0.29, 0.717) is 17.8 Å². The number of H-pyrrole nitrogens is 1. The third-order valence-corrected chi connectivity index (χ3v) is 3.34. The summed E-state index contributed by atoms with van der Waals surface area (Å²) in [5.74, 6) is -0.647. The second kappa shape index (κ2) is 5.99. The standard InChI is InChI=1S/C13H20N4O2/c1-9-7-17(10(2)6-15-9)8-12(18)16-13(19)11-4-3-5-14-11/h3-5,9-10,14-15H,6-8H2,1-2H3,(H,16,18,19). The lowest BCUT2D eigenvalue weighted by molar-refractivity contribution is -0.122. The molecule has 0 saturated carbocycles. The molecule has 0 radical (unpaired) electrons. The van der Waals surface area contributed by atoms with Gasteiger partial charge in [-0.05, 0) is 26.0 Å². The maximum absolute atomic E-state index is 11.9. The van der Waals surface area contributed by atoms with Crippen molar-refractivity contribution in [2.24, 2.45) is 0 Å². The molecule has 1 fully saturated rings. The highest BCUT2D eigenvalue weighted by molar-refractivity contribution is 6.04. The lowest BCUT2D eigenvalue weighted by atomic mass is 10.1. The van der Waals surface area contributed by atoms with Gasteiger partial charge in [-0.15, -0.1) is 0 Å². The Morgan fingerprint density at radius 3 is 2.95 bits per heavy atom. The summed E-state index contributed by atoms with van der Waals surface area (Å²) in [7, 11) is 0. The molecule has 6 heteroatoms. The molecule has 19 heavy (non-hydrogen) atoms. The van der Waals surface area contributed by atoms with Crippen molar-refractivity contribution in [3.8, 4) is 0 Å². The highest BCUT2D eigenvalue weighted by Gasteiger charge is 2.24. The summed E-state index contributed by atoms with van der Waals surface area (Å²) in [6.07, 6.45) is 1.65. The Balaban J connectivity index is 1.85. The van der Waals surface area contributed by atoms with Crippen LogP contribution in [0.5, 0.6) is 0 Å². The number of amides is 2. The first-order valence-electron chi connectivity index (χ1n) is 6.51. The number of hydrogen-bond acceptors (Lipinski definition) is 4. The van der Waals surface area contributed by atoms with Gasteiger partial charge in [0.2, 0.25) is 5.91 Å². The molecule has 1 aromatic heterocycles.